The van der Waals surface area contributed by atoms with Crippen molar-refractivity contribution < 1.29 is 0 Å². The van der Waals surface area contributed by atoms with Crippen LogP contribution in [-0.4, -0.2) is 9.38 Å². The summed E-state index contributed by atoms with van der Waals surface area (Å²) in [7, 11) is 0. The van der Waals surface area contributed by atoms with Crippen molar-refractivity contribution in [1.82, 2.24) is 9.38 Å². The van der Waals surface area contributed by atoms with E-state index in [1.165, 1.54) is 0 Å². The molecule has 0 aliphatic heterocycles. The van der Waals surface area contributed by atoms with Gasteiger partial charge in [0.2, 0.25) is 0 Å². The highest BCUT2D eigenvalue weighted by atomic mass is 79.9. The first kappa shape index (κ1) is 11.1. The first-order valence-corrected chi connectivity index (χ1v) is 6.33. The number of rotatable bonds is 0. The van der Waals surface area contributed by atoms with Gasteiger partial charge in [-0.05, 0) is 46.1 Å². The van der Waals surface area contributed by atoms with Crippen molar-refractivity contribution in [2.75, 3.05) is 0 Å². The minimum atomic E-state index is 0.737. The Labute approximate surface area is 113 Å². The number of benzene rings is 1. The molecule has 0 amide bonds. The van der Waals surface area contributed by atoms with Crippen molar-refractivity contribution in [1.29, 1.82) is 0 Å². The third-order valence-electron chi connectivity index (χ3n) is 2.60. The fourth-order valence-corrected chi connectivity index (χ4v) is 2.23. The van der Waals surface area contributed by atoms with Crippen LogP contribution in [0.4, 0.5) is 0 Å². The average molecular weight is 297 g/mol. The van der Waals surface area contributed by atoms with Gasteiger partial charge in [-0.15, -0.1) is 0 Å². The standard InChI is InChI=1S/C15H9BrN2/c16-15-13-8-4-5-11-18(13)14(17-15)10-9-12-6-2-1-3-7-12/h1-8,11H. The zero-order chi connectivity index (χ0) is 12.4. The number of hydrogen-bond acceptors (Lipinski definition) is 1. The maximum atomic E-state index is 4.41. The van der Waals surface area contributed by atoms with Gasteiger partial charge in [-0.25, -0.2) is 4.98 Å². The van der Waals surface area contributed by atoms with Crippen molar-refractivity contribution in [2.24, 2.45) is 0 Å². The molecule has 0 aliphatic rings. The minimum absolute atomic E-state index is 0.737. The van der Waals surface area contributed by atoms with Gasteiger partial charge in [0.25, 0.3) is 0 Å². The van der Waals surface area contributed by atoms with Gasteiger partial charge in [-0.3, -0.25) is 4.40 Å². The molecule has 3 heteroatoms. The first-order valence-electron chi connectivity index (χ1n) is 5.54. The van der Waals surface area contributed by atoms with Crippen LogP contribution in [0.1, 0.15) is 11.4 Å². The molecular formula is C15H9BrN2. The van der Waals surface area contributed by atoms with E-state index < -0.39 is 0 Å². The summed E-state index contributed by atoms with van der Waals surface area (Å²) in [5.74, 6) is 6.95. The highest BCUT2D eigenvalue weighted by molar-refractivity contribution is 9.10. The summed E-state index contributed by atoms with van der Waals surface area (Å²) in [6, 6.07) is 15.9. The maximum Gasteiger partial charge on any atom is 0.191 e. The van der Waals surface area contributed by atoms with Crippen LogP contribution in [-0.2, 0) is 0 Å². The fraction of sp³-hybridized carbons (Fsp3) is 0. The summed E-state index contributed by atoms with van der Waals surface area (Å²) >= 11 is 3.44. The molecule has 2 nitrogen and oxygen atoms in total. The van der Waals surface area contributed by atoms with Crippen LogP contribution in [0.15, 0.2) is 59.3 Å². The van der Waals surface area contributed by atoms with Crippen molar-refractivity contribution in [3.63, 3.8) is 0 Å². The summed E-state index contributed by atoms with van der Waals surface area (Å²) in [4.78, 5) is 4.41. The van der Waals surface area contributed by atoms with E-state index in [0.717, 1.165) is 21.5 Å². The lowest BCUT2D eigenvalue weighted by atomic mass is 10.2. The number of halogens is 1. The Morgan fingerprint density at radius 3 is 2.56 bits per heavy atom. The molecule has 0 saturated carbocycles. The van der Waals surface area contributed by atoms with Crippen LogP contribution in [0.3, 0.4) is 0 Å². The zero-order valence-electron chi connectivity index (χ0n) is 9.47. The van der Waals surface area contributed by atoms with Crippen molar-refractivity contribution in [3.8, 4) is 11.8 Å². The highest BCUT2D eigenvalue weighted by Gasteiger charge is 2.05. The monoisotopic (exact) mass is 296 g/mol. The second-order valence-electron chi connectivity index (χ2n) is 3.80. The van der Waals surface area contributed by atoms with Crippen molar-refractivity contribution in [2.45, 2.75) is 0 Å². The van der Waals surface area contributed by atoms with Gasteiger partial charge >= 0.3 is 0 Å². The molecule has 0 unspecified atom stereocenters. The van der Waals surface area contributed by atoms with Gasteiger partial charge in [0, 0.05) is 11.8 Å². The number of fused-ring (bicyclic) bond motifs is 1. The topological polar surface area (TPSA) is 17.3 Å². The molecule has 0 aliphatic carbocycles. The van der Waals surface area contributed by atoms with Gasteiger partial charge in [0.15, 0.2) is 5.82 Å². The van der Waals surface area contributed by atoms with Crippen LogP contribution in [0.5, 0.6) is 0 Å². The molecule has 3 rings (SSSR count). The number of aromatic nitrogens is 2. The molecule has 0 N–H and O–H groups in total. The molecule has 0 saturated heterocycles. The Morgan fingerprint density at radius 1 is 0.944 bits per heavy atom. The average Bonchev–Trinajstić information content (AvgIpc) is 2.75. The van der Waals surface area contributed by atoms with E-state index in [1.807, 2.05) is 59.1 Å². The van der Waals surface area contributed by atoms with Crippen LogP contribution in [0.2, 0.25) is 0 Å². The Balaban J connectivity index is 2.09. The molecule has 0 bridgehead atoms. The molecule has 2 heterocycles. The summed E-state index contributed by atoms with van der Waals surface area (Å²) in [6.45, 7) is 0. The number of hydrogen-bond donors (Lipinski definition) is 0. The number of imidazole rings is 1. The van der Waals surface area contributed by atoms with E-state index in [-0.39, 0.29) is 0 Å². The smallest absolute Gasteiger partial charge is 0.191 e. The Hall–Kier alpha value is -2.05. The van der Waals surface area contributed by atoms with Gasteiger partial charge in [-0.2, -0.15) is 0 Å². The van der Waals surface area contributed by atoms with E-state index in [2.05, 4.69) is 32.8 Å². The second kappa shape index (κ2) is 4.67. The predicted octanol–water partition coefficient (Wildman–Crippen LogP) is 3.50. The molecule has 18 heavy (non-hydrogen) atoms. The van der Waals surface area contributed by atoms with Crippen LogP contribution in [0, 0.1) is 11.8 Å². The van der Waals surface area contributed by atoms with E-state index >= 15 is 0 Å². The molecule has 0 radical (unpaired) electrons. The van der Waals surface area contributed by atoms with E-state index in [1.54, 1.807) is 0 Å². The summed E-state index contributed by atoms with van der Waals surface area (Å²) in [6.07, 6.45) is 1.96. The quantitative estimate of drug-likeness (QED) is 0.581. The molecule has 0 fully saturated rings. The van der Waals surface area contributed by atoms with Gasteiger partial charge < -0.3 is 0 Å². The molecule has 0 spiro atoms. The van der Waals surface area contributed by atoms with Gasteiger partial charge in [-0.1, -0.05) is 30.2 Å². The van der Waals surface area contributed by atoms with Gasteiger partial charge in [0.05, 0.1) is 5.52 Å². The third kappa shape index (κ3) is 2.03. The van der Waals surface area contributed by atoms with E-state index in [4.69, 9.17) is 0 Å². The normalized spacial score (nSPS) is 10.1. The maximum absolute atomic E-state index is 4.41. The summed E-state index contributed by atoms with van der Waals surface area (Å²) in [5.41, 5.74) is 2.01. The van der Waals surface area contributed by atoms with Crippen LogP contribution < -0.4 is 0 Å². The largest absolute Gasteiger partial charge is 0.292 e. The Kier molecular flexibility index (Phi) is 2.87. The molecule has 86 valence electrons. The minimum Gasteiger partial charge on any atom is -0.292 e. The van der Waals surface area contributed by atoms with E-state index in [0.29, 0.717) is 0 Å². The Bertz CT molecular complexity index is 748. The lowest BCUT2D eigenvalue weighted by molar-refractivity contribution is 1.11. The molecule has 2 aromatic heterocycles. The van der Waals surface area contributed by atoms with Crippen LogP contribution >= 0.6 is 15.9 Å². The number of pyridine rings is 1. The second-order valence-corrected chi connectivity index (χ2v) is 4.55. The van der Waals surface area contributed by atoms with Crippen molar-refractivity contribution in [3.05, 3.63) is 70.7 Å². The first-order chi connectivity index (χ1) is 8.84. The SMILES string of the molecule is Brc1nc(C#Cc2ccccc2)n2ccccc12. The molecule has 1 aromatic carbocycles. The van der Waals surface area contributed by atoms with Gasteiger partial charge in [0.1, 0.15) is 4.60 Å². The highest BCUT2D eigenvalue weighted by Crippen LogP contribution is 2.17. The molecule has 0 atom stereocenters. The van der Waals surface area contributed by atoms with Crippen molar-refractivity contribution >= 4 is 21.4 Å². The summed E-state index contributed by atoms with van der Waals surface area (Å²) < 4.78 is 2.79. The lowest BCUT2D eigenvalue weighted by Crippen LogP contribution is -1.87. The lowest BCUT2D eigenvalue weighted by Gasteiger charge is -1.92. The Morgan fingerprint density at radius 2 is 1.72 bits per heavy atom. The van der Waals surface area contributed by atoms with Crippen LogP contribution in [0.25, 0.3) is 5.52 Å². The predicted molar refractivity (Wildman–Crippen MR) is 75.3 cm³/mol. The summed E-state index contributed by atoms with van der Waals surface area (Å²) in [5, 5.41) is 0. The third-order valence-corrected chi connectivity index (χ3v) is 3.18. The molecule has 3 aromatic rings. The zero-order valence-corrected chi connectivity index (χ0v) is 11.1. The molecular weight excluding hydrogens is 288 g/mol. The van der Waals surface area contributed by atoms with E-state index in [9.17, 15) is 0 Å². The number of nitrogens with zero attached hydrogens (tertiary/aromatic N) is 2. The fourth-order valence-electron chi connectivity index (χ4n) is 1.74.